The Morgan fingerprint density at radius 1 is 1.29 bits per heavy atom. The summed E-state index contributed by atoms with van der Waals surface area (Å²) >= 11 is 0. The van der Waals surface area contributed by atoms with E-state index in [9.17, 15) is 4.79 Å². The highest BCUT2D eigenvalue weighted by Crippen LogP contribution is 2.20. The molecule has 0 N–H and O–H groups in total. The zero-order valence-electron chi connectivity index (χ0n) is 8.96. The van der Waals surface area contributed by atoms with E-state index >= 15 is 0 Å². The average molecular weight is 200 g/mol. The standard InChI is InChI=1S/C11H20O3/c1-2-3-9-11(12)14-13-10-7-5-4-6-8-10/h10H,2-9H2,1H3. The lowest BCUT2D eigenvalue weighted by molar-refractivity contribution is -0.302. The van der Waals surface area contributed by atoms with Crippen LogP contribution in [0.5, 0.6) is 0 Å². The fraction of sp³-hybridized carbons (Fsp3) is 0.909. The largest absolute Gasteiger partial charge is 0.342 e. The Labute approximate surface area is 85.7 Å². The second kappa shape index (κ2) is 6.82. The first-order chi connectivity index (χ1) is 6.83. The lowest BCUT2D eigenvalue weighted by Gasteiger charge is -2.19. The Balaban J connectivity index is 2.03. The maximum Gasteiger partial charge on any atom is 0.342 e. The molecule has 0 heterocycles. The van der Waals surface area contributed by atoms with Crippen molar-refractivity contribution in [2.45, 2.75) is 64.4 Å². The fourth-order valence-corrected chi connectivity index (χ4v) is 1.65. The molecule has 82 valence electrons. The lowest BCUT2D eigenvalue weighted by Crippen LogP contribution is -2.19. The molecule has 0 radical (unpaired) electrons. The Kier molecular flexibility index (Phi) is 5.60. The van der Waals surface area contributed by atoms with Gasteiger partial charge in [0.2, 0.25) is 0 Å². The molecule has 0 spiro atoms. The molecule has 3 nitrogen and oxygen atoms in total. The monoisotopic (exact) mass is 200 g/mol. The third-order valence-electron chi connectivity index (χ3n) is 2.56. The summed E-state index contributed by atoms with van der Waals surface area (Å²) in [7, 11) is 0. The van der Waals surface area contributed by atoms with E-state index in [0.717, 1.165) is 25.7 Å². The first kappa shape index (κ1) is 11.5. The Hall–Kier alpha value is -0.570. The molecule has 1 saturated carbocycles. The van der Waals surface area contributed by atoms with Crippen molar-refractivity contribution < 1.29 is 14.6 Å². The van der Waals surface area contributed by atoms with Crippen LogP contribution in [0, 0.1) is 0 Å². The molecule has 0 atom stereocenters. The van der Waals surface area contributed by atoms with Crippen molar-refractivity contribution in [3.05, 3.63) is 0 Å². The molecular formula is C11H20O3. The van der Waals surface area contributed by atoms with E-state index in [4.69, 9.17) is 9.78 Å². The molecule has 0 aromatic heterocycles. The van der Waals surface area contributed by atoms with Crippen molar-refractivity contribution in [1.82, 2.24) is 0 Å². The Bertz CT molecular complexity index is 162. The van der Waals surface area contributed by atoms with Crippen molar-refractivity contribution in [2.75, 3.05) is 0 Å². The van der Waals surface area contributed by atoms with Crippen molar-refractivity contribution in [2.24, 2.45) is 0 Å². The van der Waals surface area contributed by atoms with E-state index in [1.54, 1.807) is 0 Å². The maximum absolute atomic E-state index is 11.1. The van der Waals surface area contributed by atoms with Gasteiger partial charge in [-0.05, 0) is 19.3 Å². The molecule has 1 aliphatic carbocycles. The van der Waals surface area contributed by atoms with Gasteiger partial charge in [-0.1, -0.05) is 32.6 Å². The van der Waals surface area contributed by atoms with E-state index in [1.807, 2.05) is 0 Å². The van der Waals surface area contributed by atoms with Gasteiger partial charge in [-0.2, -0.15) is 4.89 Å². The molecule has 0 saturated heterocycles. The minimum Gasteiger partial charge on any atom is -0.298 e. The quantitative estimate of drug-likeness (QED) is 0.505. The molecule has 14 heavy (non-hydrogen) atoms. The summed E-state index contributed by atoms with van der Waals surface area (Å²) in [5.74, 6) is -0.225. The topological polar surface area (TPSA) is 35.5 Å². The van der Waals surface area contributed by atoms with E-state index < -0.39 is 0 Å². The van der Waals surface area contributed by atoms with Crippen LogP contribution >= 0.6 is 0 Å². The second-order valence-electron chi connectivity index (χ2n) is 3.92. The maximum atomic E-state index is 11.1. The highest BCUT2D eigenvalue weighted by Gasteiger charge is 2.16. The van der Waals surface area contributed by atoms with Gasteiger partial charge in [0.1, 0.15) is 6.10 Å². The van der Waals surface area contributed by atoms with Crippen LogP contribution in [0.1, 0.15) is 58.3 Å². The molecule has 3 heteroatoms. The molecule has 0 bridgehead atoms. The predicted octanol–water partition coefficient (Wildman–Crippen LogP) is 2.98. The van der Waals surface area contributed by atoms with Crippen LogP contribution < -0.4 is 0 Å². The number of unbranched alkanes of at least 4 members (excludes halogenated alkanes) is 1. The third-order valence-corrected chi connectivity index (χ3v) is 2.56. The molecule has 1 fully saturated rings. The van der Waals surface area contributed by atoms with Gasteiger partial charge < -0.3 is 0 Å². The smallest absolute Gasteiger partial charge is 0.298 e. The first-order valence-corrected chi connectivity index (χ1v) is 5.69. The molecule has 0 aromatic rings. The summed E-state index contributed by atoms with van der Waals surface area (Å²) < 4.78 is 0. The zero-order chi connectivity index (χ0) is 10.2. The van der Waals surface area contributed by atoms with Crippen LogP contribution in [-0.2, 0) is 14.6 Å². The van der Waals surface area contributed by atoms with Crippen LogP contribution in [-0.4, -0.2) is 12.1 Å². The Morgan fingerprint density at radius 2 is 2.00 bits per heavy atom. The van der Waals surface area contributed by atoms with Gasteiger partial charge in [0.15, 0.2) is 0 Å². The van der Waals surface area contributed by atoms with Crippen LogP contribution in [0.15, 0.2) is 0 Å². The highest BCUT2D eigenvalue weighted by molar-refractivity contribution is 5.68. The summed E-state index contributed by atoms with van der Waals surface area (Å²) in [6, 6.07) is 0. The predicted molar refractivity (Wildman–Crippen MR) is 53.6 cm³/mol. The van der Waals surface area contributed by atoms with Crippen molar-refractivity contribution in [1.29, 1.82) is 0 Å². The van der Waals surface area contributed by atoms with E-state index in [-0.39, 0.29) is 12.1 Å². The van der Waals surface area contributed by atoms with Gasteiger partial charge in [-0.15, -0.1) is 0 Å². The van der Waals surface area contributed by atoms with Gasteiger partial charge in [-0.3, -0.25) is 4.89 Å². The van der Waals surface area contributed by atoms with Crippen molar-refractivity contribution in [3.63, 3.8) is 0 Å². The zero-order valence-corrected chi connectivity index (χ0v) is 8.96. The fourth-order valence-electron chi connectivity index (χ4n) is 1.65. The Morgan fingerprint density at radius 3 is 2.64 bits per heavy atom. The van der Waals surface area contributed by atoms with Gasteiger partial charge in [0, 0.05) is 6.42 Å². The number of hydrogen-bond donors (Lipinski definition) is 0. The molecular weight excluding hydrogens is 180 g/mol. The first-order valence-electron chi connectivity index (χ1n) is 5.69. The number of carbonyl (C=O) groups excluding carboxylic acids is 1. The van der Waals surface area contributed by atoms with Gasteiger partial charge in [0.05, 0.1) is 0 Å². The van der Waals surface area contributed by atoms with Crippen LogP contribution in [0.2, 0.25) is 0 Å². The van der Waals surface area contributed by atoms with E-state index in [0.29, 0.717) is 6.42 Å². The van der Waals surface area contributed by atoms with Gasteiger partial charge in [0.25, 0.3) is 0 Å². The molecule has 0 amide bonds. The van der Waals surface area contributed by atoms with E-state index in [2.05, 4.69) is 6.92 Å². The van der Waals surface area contributed by atoms with Gasteiger partial charge >= 0.3 is 5.97 Å². The number of hydrogen-bond acceptors (Lipinski definition) is 3. The summed E-state index contributed by atoms with van der Waals surface area (Å²) in [6.45, 7) is 2.05. The summed E-state index contributed by atoms with van der Waals surface area (Å²) in [5.41, 5.74) is 0. The van der Waals surface area contributed by atoms with Crippen LogP contribution in [0.4, 0.5) is 0 Å². The normalized spacial score (nSPS) is 18.1. The molecule has 0 aromatic carbocycles. The molecule has 0 aliphatic heterocycles. The number of rotatable bonds is 5. The average Bonchev–Trinajstić information content (AvgIpc) is 2.25. The summed E-state index contributed by atoms with van der Waals surface area (Å²) in [5, 5.41) is 0. The van der Waals surface area contributed by atoms with Gasteiger partial charge in [-0.25, -0.2) is 4.79 Å². The van der Waals surface area contributed by atoms with Crippen molar-refractivity contribution in [3.8, 4) is 0 Å². The molecule has 1 aliphatic rings. The van der Waals surface area contributed by atoms with Crippen LogP contribution in [0.3, 0.4) is 0 Å². The SMILES string of the molecule is CCCCC(=O)OOC1CCCCC1. The summed E-state index contributed by atoms with van der Waals surface area (Å²) in [4.78, 5) is 20.9. The summed E-state index contributed by atoms with van der Waals surface area (Å²) in [6.07, 6.45) is 8.24. The van der Waals surface area contributed by atoms with Crippen LogP contribution in [0.25, 0.3) is 0 Å². The lowest BCUT2D eigenvalue weighted by atomic mass is 9.98. The second-order valence-corrected chi connectivity index (χ2v) is 3.92. The minimum atomic E-state index is -0.225. The molecule has 0 unspecified atom stereocenters. The van der Waals surface area contributed by atoms with E-state index in [1.165, 1.54) is 19.3 Å². The molecule has 1 rings (SSSR count). The third kappa shape index (κ3) is 4.61. The highest BCUT2D eigenvalue weighted by atomic mass is 17.2. The minimum absolute atomic E-state index is 0.148. The number of carbonyl (C=O) groups is 1. The van der Waals surface area contributed by atoms with Crippen molar-refractivity contribution >= 4 is 5.97 Å².